The Bertz CT molecular complexity index is 646. The number of anilines is 2. The van der Waals surface area contributed by atoms with Crippen LogP contribution in [0.2, 0.25) is 0 Å². The Hall–Kier alpha value is -2.36. The number of fused-ring (bicyclic) bond motifs is 1. The molecule has 1 aromatic carbocycles. The monoisotopic (exact) mass is 225 g/mol. The van der Waals surface area contributed by atoms with Gasteiger partial charge in [0, 0.05) is 11.4 Å². The first kappa shape index (κ1) is 9.84. The highest BCUT2D eigenvalue weighted by Gasteiger charge is 2.06. The molecule has 2 aromatic heterocycles. The summed E-state index contributed by atoms with van der Waals surface area (Å²) < 4.78 is 5.54. The second kappa shape index (κ2) is 3.90. The van der Waals surface area contributed by atoms with Crippen molar-refractivity contribution >= 4 is 22.9 Å². The third-order valence-electron chi connectivity index (χ3n) is 2.42. The van der Waals surface area contributed by atoms with Crippen molar-refractivity contribution in [3.8, 4) is 0 Å². The summed E-state index contributed by atoms with van der Waals surface area (Å²) in [7, 11) is 0. The number of nitrogens with one attached hydrogen (secondary N) is 1. The number of nitrogens with zero attached hydrogens (tertiary/aromatic N) is 2. The van der Waals surface area contributed by atoms with Gasteiger partial charge in [0.25, 0.3) is 0 Å². The minimum Gasteiger partial charge on any atom is -0.422 e. The van der Waals surface area contributed by atoms with Crippen LogP contribution < -0.4 is 5.32 Å². The fourth-order valence-electron chi connectivity index (χ4n) is 1.61. The lowest BCUT2D eigenvalue weighted by Crippen LogP contribution is -1.89. The minimum atomic E-state index is 0.462. The molecule has 0 unspecified atom stereocenters. The van der Waals surface area contributed by atoms with E-state index < -0.39 is 0 Å². The molecule has 0 fully saturated rings. The van der Waals surface area contributed by atoms with E-state index in [9.17, 15) is 0 Å². The molecule has 0 bridgehead atoms. The molecule has 0 atom stereocenters. The Kier molecular flexibility index (Phi) is 2.26. The van der Waals surface area contributed by atoms with Crippen molar-refractivity contribution in [2.75, 3.05) is 5.32 Å². The number of oxazole rings is 1. The van der Waals surface area contributed by atoms with Gasteiger partial charge in [0.2, 0.25) is 5.65 Å². The molecule has 0 saturated carbocycles. The molecule has 0 spiro atoms. The Balaban J connectivity index is 1.96. The largest absolute Gasteiger partial charge is 0.422 e. The number of benzene rings is 1. The average Bonchev–Trinajstić information content (AvgIpc) is 2.71. The molecule has 0 saturated heterocycles. The molecule has 0 aliphatic rings. The van der Waals surface area contributed by atoms with Crippen LogP contribution in [0, 0.1) is 6.92 Å². The third kappa shape index (κ3) is 1.97. The predicted octanol–water partition coefficient (Wildman–Crippen LogP) is 3.27. The zero-order chi connectivity index (χ0) is 11.7. The molecule has 0 amide bonds. The van der Waals surface area contributed by atoms with Gasteiger partial charge in [0.15, 0.2) is 5.58 Å². The van der Waals surface area contributed by atoms with Crippen molar-refractivity contribution in [1.82, 2.24) is 9.97 Å². The SMILES string of the molecule is Cc1ccc2oc(Nc3ccccc3)nc2n1. The quantitative estimate of drug-likeness (QED) is 0.727. The van der Waals surface area contributed by atoms with Gasteiger partial charge in [0.1, 0.15) is 0 Å². The van der Waals surface area contributed by atoms with Crippen molar-refractivity contribution in [1.29, 1.82) is 0 Å². The Morgan fingerprint density at radius 2 is 1.82 bits per heavy atom. The molecule has 17 heavy (non-hydrogen) atoms. The fourth-order valence-corrected chi connectivity index (χ4v) is 1.61. The maximum absolute atomic E-state index is 5.54. The van der Waals surface area contributed by atoms with Crippen molar-refractivity contribution in [2.24, 2.45) is 0 Å². The lowest BCUT2D eigenvalue weighted by Gasteiger charge is -1.98. The molecule has 3 aromatic rings. The van der Waals surface area contributed by atoms with E-state index in [-0.39, 0.29) is 0 Å². The van der Waals surface area contributed by atoms with Gasteiger partial charge in [-0.15, -0.1) is 0 Å². The lowest BCUT2D eigenvalue weighted by atomic mass is 10.3. The van der Waals surface area contributed by atoms with E-state index in [1.54, 1.807) is 0 Å². The molecule has 0 aliphatic carbocycles. The predicted molar refractivity (Wildman–Crippen MR) is 66.3 cm³/mol. The van der Waals surface area contributed by atoms with Gasteiger partial charge in [-0.05, 0) is 31.2 Å². The fraction of sp³-hybridized carbons (Fsp3) is 0.0769. The van der Waals surface area contributed by atoms with Crippen molar-refractivity contribution in [3.05, 3.63) is 48.2 Å². The third-order valence-corrected chi connectivity index (χ3v) is 2.42. The van der Waals surface area contributed by atoms with E-state index in [0.717, 1.165) is 11.4 Å². The zero-order valence-corrected chi connectivity index (χ0v) is 9.34. The standard InChI is InChI=1S/C13H11N3O/c1-9-7-8-11-12(14-9)16-13(17-11)15-10-5-3-2-4-6-10/h2-8H,1H3,(H,14,15,16). The van der Waals surface area contributed by atoms with Crippen LogP contribution >= 0.6 is 0 Å². The molecule has 4 heteroatoms. The van der Waals surface area contributed by atoms with E-state index in [1.165, 1.54) is 0 Å². The van der Waals surface area contributed by atoms with Gasteiger partial charge in [-0.25, -0.2) is 4.98 Å². The maximum Gasteiger partial charge on any atom is 0.301 e. The molecular weight excluding hydrogens is 214 g/mol. The number of aryl methyl sites for hydroxylation is 1. The van der Waals surface area contributed by atoms with Gasteiger partial charge >= 0.3 is 6.01 Å². The van der Waals surface area contributed by atoms with Crippen LogP contribution in [0.4, 0.5) is 11.7 Å². The van der Waals surface area contributed by atoms with Gasteiger partial charge in [-0.1, -0.05) is 18.2 Å². The number of para-hydroxylation sites is 1. The first-order valence-corrected chi connectivity index (χ1v) is 5.37. The summed E-state index contributed by atoms with van der Waals surface area (Å²) in [5.41, 5.74) is 3.19. The number of pyridine rings is 1. The summed E-state index contributed by atoms with van der Waals surface area (Å²) in [6, 6.07) is 14.0. The van der Waals surface area contributed by atoms with E-state index in [4.69, 9.17) is 4.42 Å². The van der Waals surface area contributed by atoms with Crippen LogP contribution in [0.1, 0.15) is 5.69 Å². The van der Waals surface area contributed by atoms with E-state index in [0.29, 0.717) is 17.2 Å². The number of rotatable bonds is 2. The lowest BCUT2D eigenvalue weighted by molar-refractivity contribution is 0.623. The maximum atomic E-state index is 5.54. The topological polar surface area (TPSA) is 51.0 Å². The second-order valence-corrected chi connectivity index (χ2v) is 3.78. The van der Waals surface area contributed by atoms with Crippen LogP contribution in [-0.4, -0.2) is 9.97 Å². The summed E-state index contributed by atoms with van der Waals surface area (Å²) in [6.07, 6.45) is 0. The molecule has 2 heterocycles. The Morgan fingerprint density at radius 1 is 1.00 bits per heavy atom. The Labute approximate surface area is 98.3 Å². The molecule has 4 nitrogen and oxygen atoms in total. The van der Waals surface area contributed by atoms with E-state index >= 15 is 0 Å². The Morgan fingerprint density at radius 3 is 2.65 bits per heavy atom. The van der Waals surface area contributed by atoms with Crippen LogP contribution in [0.3, 0.4) is 0 Å². The molecule has 1 N–H and O–H groups in total. The first-order chi connectivity index (χ1) is 8.31. The van der Waals surface area contributed by atoms with Crippen molar-refractivity contribution < 1.29 is 4.42 Å². The van der Waals surface area contributed by atoms with E-state index in [1.807, 2.05) is 49.4 Å². The normalized spacial score (nSPS) is 10.6. The number of hydrogen-bond donors (Lipinski definition) is 1. The molecule has 0 aliphatic heterocycles. The summed E-state index contributed by atoms with van der Waals surface area (Å²) in [5.74, 6) is 0. The van der Waals surface area contributed by atoms with Crippen LogP contribution in [0.15, 0.2) is 46.9 Å². The van der Waals surface area contributed by atoms with Crippen molar-refractivity contribution in [2.45, 2.75) is 6.92 Å². The molecule has 0 radical (unpaired) electrons. The van der Waals surface area contributed by atoms with Crippen LogP contribution in [-0.2, 0) is 0 Å². The highest BCUT2D eigenvalue weighted by molar-refractivity contribution is 5.71. The summed E-state index contributed by atoms with van der Waals surface area (Å²) in [6.45, 7) is 1.93. The van der Waals surface area contributed by atoms with Gasteiger partial charge < -0.3 is 9.73 Å². The van der Waals surface area contributed by atoms with Gasteiger partial charge in [-0.2, -0.15) is 4.98 Å². The summed E-state index contributed by atoms with van der Waals surface area (Å²) in [4.78, 5) is 8.57. The van der Waals surface area contributed by atoms with Crippen LogP contribution in [0.25, 0.3) is 11.2 Å². The average molecular weight is 225 g/mol. The molecular formula is C13H11N3O. The smallest absolute Gasteiger partial charge is 0.301 e. The highest BCUT2D eigenvalue weighted by Crippen LogP contribution is 2.20. The second-order valence-electron chi connectivity index (χ2n) is 3.78. The molecule has 84 valence electrons. The van der Waals surface area contributed by atoms with Crippen molar-refractivity contribution in [3.63, 3.8) is 0 Å². The first-order valence-electron chi connectivity index (χ1n) is 5.37. The van der Waals surface area contributed by atoms with Gasteiger partial charge in [-0.3, -0.25) is 0 Å². The number of hydrogen-bond acceptors (Lipinski definition) is 4. The summed E-state index contributed by atoms with van der Waals surface area (Å²) in [5, 5.41) is 3.10. The minimum absolute atomic E-state index is 0.462. The van der Waals surface area contributed by atoms with E-state index in [2.05, 4.69) is 15.3 Å². The highest BCUT2D eigenvalue weighted by atomic mass is 16.4. The van der Waals surface area contributed by atoms with Gasteiger partial charge in [0.05, 0.1) is 0 Å². The van der Waals surface area contributed by atoms with Crippen LogP contribution in [0.5, 0.6) is 0 Å². The zero-order valence-electron chi connectivity index (χ0n) is 9.34. The molecule has 3 rings (SSSR count). The number of aromatic nitrogens is 2. The summed E-state index contributed by atoms with van der Waals surface area (Å²) >= 11 is 0.